The zero-order valence-corrected chi connectivity index (χ0v) is 13.1. The molecule has 1 aromatic rings. The molecule has 1 aliphatic rings. The fraction of sp³-hybridized carbons (Fsp3) is 0.353. The number of rotatable bonds is 5. The number of benzene rings is 1. The molecule has 118 valence electrons. The van der Waals surface area contributed by atoms with E-state index < -0.39 is 6.10 Å². The first kappa shape index (κ1) is 16.1. The smallest absolute Gasteiger partial charge is 0.264 e. The van der Waals surface area contributed by atoms with Crippen LogP contribution in [-0.2, 0) is 19.0 Å². The van der Waals surface area contributed by atoms with E-state index >= 15 is 0 Å². The molecule has 0 aromatic heterocycles. The van der Waals surface area contributed by atoms with Gasteiger partial charge in [0.05, 0.1) is 25.6 Å². The van der Waals surface area contributed by atoms with Crippen molar-refractivity contribution < 1.29 is 19.0 Å². The number of carbonyl (C=O) groups excluding carboxylic acids is 1. The number of methoxy groups -OCH3 is 3. The fourth-order valence-corrected chi connectivity index (χ4v) is 2.57. The Balaban J connectivity index is 2.34. The first-order valence-electron chi connectivity index (χ1n) is 7.08. The molecule has 1 atom stereocenters. The van der Waals surface area contributed by atoms with Crippen LogP contribution in [0.2, 0.25) is 0 Å². The van der Waals surface area contributed by atoms with Gasteiger partial charge in [0.25, 0.3) is 5.91 Å². The maximum absolute atomic E-state index is 13.0. The van der Waals surface area contributed by atoms with Crippen molar-refractivity contribution in [2.45, 2.75) is 18.9 Å². The van der Waals surface area contributed by atoms with Gasteiger partial charge in [-0.1, -0.05) is 30.3 Å². The van der Waals surface area contributed by atoms with E-state index in [1.54, 1.807) is 31.6 Å². The van der Waals surface area contributed by atoms with E-state index in [1.807, 2.05) is 30.3 Å². The molecule has 1 aromatic carbocycles. The van der Waals surface area contributed by atoms with Gasteiger partial charge in [0, 0.05) is 7.11 Å². The van der Waals surface area contributed by atoms with Crippen LogP contribution in [0.4, 0.5) is 0 Å². The van der Waals surface area contributed by atoms with Gasteiger partial charge in [-0.3, -0.25) is 9.69 Å². The number of nitrogens with zero attached hydrogens (tertiary/aromatic N) is 1. The number of hydrogen-bond acceptors (Lipinski definition) is 4. The zero-order valence-electron chi connectivity index (χ0n) is 13.1. The molecule has 0 bridgehead atoms. The molecule has 2 rings (SSSR count). The standard InChI is InChI=1S/C17H21NO4/c1-20-11-14-9-10-15(12-21-2)18(14)17(19)16(22-3)13-7-5-4-6-8-13/h4-8,11-12,16H,9-10H2,1-3H3/b14-11-,15-12+/t16-/m0/s1. The molecule has 0 spiro atoms. The lowest BCUT2D eigenvalue weighted by molar-refractivity contribution is -0.138. The van der Waals surface area contributed by atoms with Crippen LogP contribution in [0.5, 0.6) is 0 Å². The van der Waals surface area contributed by atoms with E-state index in [-0.39, 0.29) is 5.91 Å². The van der Waals surface area contributed by atoms with Gasteiger partial charge in [-0.25, -0.2) is 0 Å². The predicted molar refractivity (Wildman–Crippen MR) is 82.5 cm³/mol. The van der Waals surface area contributed by atoms with Crippen LogP contribution in [0.25, 0.3) is 0 Å². The number of carbonyl (C=O) groups is 1. The predicted octanol–water partition coefficient (Wildman–Crippen LogP) is 2.97. The largest absolute Gasteiger partial charge is 0.503 e. The van der Waals surface area contributed by atoms with Crippen molar-refractivity contribution in [3.63, 3.8) is 0 Å². The maximum atomic E-state index is 13.0. The summed E-state index contributed by atoms with van der Waals surface area (Å²) in [7, 11) is 4.67. The van der Waals surface area contributed by atoms with Gasteiger partial charge < -0.3 is 14.2 Å². The Morgan fingerprint density at radius 2 is 1.59 bits per heavy atom. The van der Waals surface area contributed by atoms with Crippen LogP contribution >= 0.6 is 0 Å². The molecule has 0 N–H and O–H groups in total. The summed E-state index contributed by atoms with van der Waals surface area (Å²) in [4.78, 5) is 14.6. The van der Waals surface area contributed by atoms with E-state index in [0.29, 0.717) is 0 Å². The minimum absolute atomic E-state index is 0.155. The van der Waals surface area contributed by atoms with E-state index in [9.17, 15) is 4.79 Å². The number of allylic oxidation sites excluding steroid dienone is 2. The van der Waals surface area contributed by atoms with Crippen molar-refractivity contribution in [2.24, 2.45) is 0 Å². The molecule has 1 aliphatic heterocycles. The zero-order chi connectivity index (χ0) is 15.9. The molecule has 0 saturated carbocycles. The second kappa shape index (κ2) is 7.66. The first-order chi connectivity index (χ1) is 10.7. The highest BCUT2D eigenvalue weighted by Gasteiger charge is 2.34. The average Bonchev–Trinajstić information content (AvgIpc) is 2.92. The molecular weight excluding hydrogens is 282 g/mol. The minimum atomic E-state index is -0.667. The Hall–Kier alpha value is -2.27. The monoisotopic (exact) mass is 303 g/mol. The molecule has 1 saturated heterocycles. The lowest BCUT2D eigenvalue weighted by Crippen LogP contribution is -2.31. The summed E-state index contributed by atoms with van der Waals surface area (Å²) >= 11 is 0. The van der Waals surface area contributed by atoms with Crippen LogP contribution in [0.1, 0.15) is 24.5 Å². The van der Waals surface area contributed by atoms with Gasteiger partial charge in [-0.15, -0.1) is 0 Å². The van der Waals surface area contributed by atoms with Crippen LogP contribution in [-0.4, -0.2) is 32.1 Å². The highest BCUT2D eigenvalue weighted by atomic mass is 16.5. The molecule has 1 fully saturated rings. The van der Waals surface area contributed by atoms with Crippen molar-refractivity contribution in [3.8, 4) is 0 Å². The third-order valence-corrected chi connectivity index (χ3v) is 3.50. The Morgan fingerprint density at radius 3 is 2.05 bits per heavy atom. The third kappa shape index (κ3) is 3.31. The fourth-order valence-electron chi connectivity index (χ4n) is 2.57. The lowest BCUT2D eigenvalue weighted by Gasteiger charge is -2.24. The van der Waals surface area contributed by atoms with E-state index in [0.717, 1.165) is 29.8 Å². The molecular formula is C17H21NO4. The minimum Gasteiger partial charge on any atom is -0.503 e. The van der Waals surface area contributed by atoms with Gasteiger partial charge >= 0.3 is 0 Å². The van der Waals surface area contributed by atoms with Crippen molar-refractivity contribution in [2.75, 3.05) is 21.3 Å². The van der Waals surface area contributed by atoms with Gasteiger partial charge in [-0.05, 0) is 18.4 Å². The Labute approximate surface area is 130 Å². The van der Waals surface area contributed by atoms with E-state index in [1.165, 1.54) is 7.11 Å². The number of likely N-dealkylation sites (tertiary alicyclic amines) is 1. The van der Waals surface area contributed by atoms with E-state index in [2.05, 4.69) is 0 Å². The Kier molecular flexibility index (Phi) is 5.61. The van der Waals surface area contributed by atoms with Crippen molar-refractivity contribution >= 4 is 5.91 Å². The third-order valence-electron chi connectivity index (χ3n) is 3.50. The van der Waals surface area contributed by atoms with Gasteiger partial charge in [-0.2, -0.15) is 0 Å². The molecule has 1 heterocycles. The second-order valence-corrected chi connectivity index (χ2v) is 4.89. The van der Waals surface area contributed by atoms with Gasteiger partial charge in [0.1, 0.15) is 12.5 Å². The number of amides is 1. The van der Waals surface area contributed by atoms with Crippen LogP contribution in [0.15, 0.2) is 54.3 Å². The first-order valence-corrected chi connectivity index (χ1v) is 7.08. The molecule has 0 aliphatic carbocycles. The molecule has 5 nitrogen and oxygen atoms in total. The molecule has 22 heavy (non-hydrogen) atoms. The summed E-state index contributed by atoms with van der Waals surface area (Å²) in [5.41, 5.74) is 2.41. The Bertz CT molecular complexity index is 543. The number of hydrogen-bond donors (Lipinski definition) is 0. The van der Waals surface area contributed by atoms with Crippen molar-refractivity contribution in [1.29, 1.82) is 0 Å². The Morgan fingerprint density at radius 1 is 1.05 bits per heavy atom. The van der Waals surface area contributed by atoms with Crippen LogP contribution in [0, 0.1) is 0 Å². The quantitative estimate of drug-likeness (QED) is 0.785. The highest BCUT2D eigenvalue weighted by Crippen LogP contribution is 2.34. The topological polar surface area (TPSA) is 48.0 Å². The lowest BCUT2D eigenvalue weighted by atomic mass is 10.1. The molecule has 5 heteroatoms. The van der Waals surface area contributed by atoms with Crippen molar-refractivity contribution in [1.82, 2.24) is 4.90 Å². The highest BCUT2D eigenvalue weighted by molar-refractivity contribution is 5.86. The van der Waals surface area contributed by atoms with Gasteiger partial charge in [0.2, 0.25) is 0 Å². The SMILES string of the molecule is CO/C=C1/CC/C(=C\OC)N1C(=O)[C@@H](OC)c1ccccc1. The molecule has 1 amide bonds. The summed E-state index contributed by atoms with van der Waals surface area (Å²) in [5, 5.41) is 0. The second-order valence-electron chi connectivity index (χ2n) is 4.89. The normalized spacial score (nSPS) is 19.5. The maximum Gasteiger partial charge on any atom is 0.264 e. The summed E-state index contributed by atoms with van der Waals surface area (Å²) in [5.74, 6) is -0.155. The van der Waals surface area contributed by atoms with Gasteiger partial charge in [0.15, 0.2) is 6.10 Å². The number of ether oxygens (including phenoxy) is 3. The summed E-state index contributed by atoms with van der Waals surface area (Å²) in [6.45, 7) is 0. The molecule has 0 radical (unpaired) electrons. The summed E-state index contributed by atoms with van der Waals surface area (Å²) in [6.07, 6.45) is 3.96. The van der Waals surface area contributed by atoms with Crippen molar-refractivity contribution in [3.05, 3.63) is 59.8 Å². The summed E-state index contributed by atoms with van der Waals surface area (Å²) in [6, 6.07) is 9.43. The van der Waals surface area contributed by atoms with Crippen LogP contribution in [0.3, 0.4) is 0 Å². The average molecular weight is 303 g/mol. The molecule has 0 unspecified atom stereocenters. The van der Waals surface area contributed by atoms with E-state index in [4.69, 9.17) is 14.2 Å². The summed E-state index contributed by atoms with van der Waals surface area (Å²) < 4.78 is 15.6. The van der Waals surface area contributed by atoms with Crippen LogP contribution < -0.4 is 0 Å².